The molecule has 0 aliphatic heterocycles. The number of hydrogen-bond acceptors (Lipinski definition) is 3. The van der Waals surface area contributed by atoms with Gasteiger partial charge in [-0.3, -0.25) is 4.79 Å². The molecule has 5 heteroatoms. The molecule has 0 bridgehead atoms. The summed E-state index contributed by atoms with van der Waals surface area (Å²) in [6.07, 6.45) is 1.30. The molecule has 0 saturated carbocycles. The van der Waals surface area contributed by atoms with Crippen LogP contribution in [-0.4, -0.2) is 29.3 Å². The number of carbonyl (C=O) groups excluding carboxylic acids is 1. The fraction of sp³-hybridized carbons (Fsp3) is 0.474. The van der Waals surface area contributed by atoms with Gasteiger partial charge in [0.25, 0.3) is 0 Å². The van der Waals surface area contributed by atoms with Crippen LogP contribution in [0.3, 0.4) is 0 Å². The van der Waals surface area contributed by atoms with Crippen LogP contribution < -0.4 is 10.6 Å². The van der Waals surface area contributed by atoms with Gasteiger partial charge in [-0.05, 0) is 39.1 Å². The van der Waals surface area contributed by atoms with Crippen LogP contribution in [0.1, 0.15) is 44.9 Å². The Labute approximate surface area is 144 Å². The van der Waals surface area contributed by atoms with E-state index in [1.54, 1.807) is 0 Å². The number of aromatic nitrogens is 2. The quantitative estimate of drug-likeness (QED) is 0.799. The third kappa shape index (κ3) is 4.68. The number of nitrogens with zero attached hydrogens (tertiary/aromatic N) is 2. The van der Waals surface area contributed by atoms with E-state index in [2.05, 4.69) is 38.3 Å². The van der Waals surface area contributed by atoms with Crippen LogP contribution in [0.25, 0.3) is 5.69 Å². The highest BCUT2D eigenvalue weighted by Crippen LogP contribution is 2.26. The molecule has 0 fully saturated rings. The highest BCUT2D eigenvalue weighted by molar-refractivity contribution is 5.90. The number of nitrogens with one attached hydrogen (secondary N) is 2. The minimum atomic E-state index is -0.0818. The third-order valence-electron chi connectivity index (χ3n) is 3.85. The van der Waals surface area contributed by atoms with Gasteiger partial charge in [-0.15, -0.1) is 0 Å². The monoisotopic (exact) mass is 328 g/mol. The van der Waals surface area contributed by atoms with Crippen molar-refractivity contribution in [2.75, 3.05) is 18.9 Å². The standard InChI is InChI=1S/C19H28N4O/c1-14-8-10-15(11-9-14)23-17(13-16(22-23)19(2,3)4)21-18(24)7-6-12-20-5/h8-11,13,20H,6-7,12H2,1-5H3,(H,21,24). The fourth-order valence-electron chi connectivity index (χ4n) is 2.35. The number of amides is 1. The van der Waals surface area contributed by atoms with Gasteiger partial charge in [0.05, 0.1) is 11.4 Å². The van der Waals surface area contributed by atoms with Crippen molar-refractivity contribution in [1.82, 2.24) is 15.1 Å². The molecule has 0 saturated heterocycles. The van der Waals surface area contributed by atoms with Crippen molar-refractivity contribution in [3.63, 3.8) is 0 Å². The summed E-state index contributed by atoms with van der Waals surface area (Å²) in [5, 5.41) is 10.8. The van der Waals surface area contributed by atoms with Crippen molar-refractivity contribution >= 4 is 11.7 Å². The van der Waals surface area contributed by atoms with Crippen LogP contribution in [0.2, 0.25) is 0 Å². The van der Waals surface area contributed by atoms with Crippen LogP contribution >= 0.6 is 0 Å². The number of hydrogen-bond donors (Lipinski definition) is 2. The highest BCUT2D eigenvalue weighted by Gasteiger charge is 2.21. The van der Waals surface area contributed by atoms with Gasteiger partial charge in [-0.1, -0.05) is 38.5 Å². The van der Waals surface area contributed by atoms with Crippen molar-refractivity contribution in [3.05, 3.63) is 41.6 Å². The van der Waals surface area contributed by atoms with Crippen LogP contribution in [-0.2, 0) is 10.2 Å². The zero-order chi connectivity index (χ0) is 17.7. The minimum Gasteiger partial charge on any atom is -0.320 e. The van der Waals surface area contributed by atoms with E-state index in [1.165, 1.54) is 5.56 Å². The Bertz CT molecular complexity index is 680. The maximum Gasteiger partial charge on any atom is 0.225 e. The second-order valence-corrected chi connectivity index (χ2v) is 7.17. The van der Waals surface area contributed by atoms with E-state index < -0.39 is 0 Å². The Kier molecular flexibility index (Phi) is 5.78. The molecule has 24 heavy (non-hydrogen) atoms. The molecule has 2 N–H and O–H groups in total. The molecular formula is C19H28N4O. The highest BCUT2D eigenvalue weighted by atomic mass is 16.1. The summed E-state index contributed by atoms with van der Waals surface area (Å²) in [7, 11) is 1.89. The topological polar surface area (TPSA) is 59.0 Å². The molecular weight excluding hydrogens is 300 g/mol. The lowest BCUT2D eigenvalue weighted by molar-refractivity contribution is -0.116. The van der Waals surface area contributed by atoms with E-state index in [0.29, 0.717) is 6.42 Å². The number of rotatable bonds is 6. The normalized spacial score (nSPS) is 11.5. The Morgan fingerprint density at radius 3 is 2.46 bits per heavy atom. The molecule has 0 unspecified atom stereocenters. The van der Waals surface area contributed by atoms with Gasteiger partial charge < -0.3 is 10.6 Å². The van der Waals surface area contributed by atoms with E-state index in [4.69, 9.17) is 5.10 Å². The van der Waals surface area contributed by atoms with Crippen LogP contribution in [0.15, 0.2) is 30.3 Å². The molecule has 1 aromatic heterocycles. The zero-order valence-electron chi connectivity index (χ0n) is 15.3. The molecule has 0 spiro atoms. The van der Waals surface area contributed by atoms with Gasteiger partial charge in [0.15, 0.2) is 0 Å². The molecule has 0 aliphatic carbocycles. The van der Waals surface area contributed by atoms with Crippen molar-refractivity contribution in [1.29, 1.82) is 0 Å². The molecule has 0 atom stereocenters. The van der Waals surface area contributed by atoms with E-state index in [1.807, 2.05) is 42.1 Å². The van der Waals surface area contributed by atoms with Gasteiger partial charge in [0.2, 0.25) is 5.91 Å². The Balaban J connectivity index is 2.29. The van der Waals surface area contributed by atoms with Gasteiger partial charge >= 0.3 is 0 Å². The van der Waals surface area contributed by atoms with Crippen molar-refractivity contribution in [2.24, 2.45) is 0 Å². The molecule has 5 nitrogen and oxygen atoms in total. The van der Waals surface area contributed by atoms with Crippen LogP contribution in [0.5, 0.6) is 0 Å². The number of carbonyl (C=O) groups is 1. The second kappa shape index (κ2) is 7.62. The average Bonchev–Trinajstić information content (AvgIpc) is 2.92. The summed E-state index contributed by atoms with van der Waals surface area (Å²) in [4.78, 5) is 12.2. The molecule has 1 heterocycles. The Morgan fingerprint density at radius 1 is 1.21 bits per heavy atom. The lowest BCUT2D eigenvalue weighted by atomic mass is 9.92. The SMILES string of the molecule is CNCCCC(=O)Nc1cc(C(C)(C)C)nn1-c1ccc(C)cc1. The molecule has 0 radical (unpaired) electrons. The van der Waals surface area contributed by atoms with Gasteiger partial charge in [-0.25, -0.2) is 4.68 Å². The first-order valence-corrected chi connectivity index (χ1v) is 8.43. The molecule has 2 rings (SSSR count). The van der Waals surface area contributed by atoms with E-state index >= 15 is 0 Å². The first-order valence-electron chi connectivity index (χ1n) is 8.43. The fourth-order valence-corrected chi connectivity index (χ4v) is 2.35. The Hall–Kier alpha value is -2.14. The third-order valence-corrected chi connectivity index (χ3v) is 3.85. The summed E-state index contributed by atoms with van der Waals surface area (Å²) in [6.45, 7) is 9.24. The summed E-state index contributed by atoms with van der Waals surface area (Å²) < 4.78 is 1.82. The minimum absolute atomic E-state index is 0.0129. The van der Waals surface area contributed by atoms with Crippen LogP contribution in [0, 0.1) is 6.92 Å². The lowest BCUT2D eigenvalue weighted by Gasteiger charge is -2.14. The second-order valence-electron chi connectivity index (χ2n) is 7.17. The van der Waals surface area contributed by atoms with Crippen molar-refractivity contribution < 1.29 is 4.79 Å². The van der Waals surface area contributed by atoms with Gasteiger partial charge in [-0.2, -0.15) is 5.10 Å². The van der Waals surface area contributed by atoms with Crippen LogP contribution in [0.4, 0.5) is 5.82 Å². The number of aryl methyl sites for hydroxylation is 1. The zero-order valence-corrected chi connectivity index (χ0v) is 15.3. The summed E-state index contributed by atoms with van der Waals surface area (Å²) in [5.41, 5.74) is 3.01. The maximum atomic E-state index is 12.2. The van der Waals surface area contributed by atoms with E-state index in [-0.39, 0.29) is 11.3 Å². The Morgan fingerprint density at radius 2 is 1.88 bits per heavy atom. The summed E-state index contributed by atoms with van der Waals surface area (Å²) in [6, 6.07) is 10.1. The number of benzene rings is 1. The van der Waals surface area contributed by atoms with Gasteiger partial charge in [0, 0.05) is 17.9 Å². The first-order chi connectivity index (χ1) is 11.3. The predicted octanol–water partition coefficient (Wildman–Crippen LogP) is 3.42. The van der Waals surface area contributed by atoms with Crippen molar-refractivity contribution in [3.8, 4) is 5.69 Å². The lowest BCUT2D eigenvalue weighted by Crippen LogP contribution is -2.17. The summed E-state index contributed by atoms with van der Waals surface area (Å²) in [5.74, 6) is 0.734. The van der Waals surface area contributed by atoms with E-state index in [0.717, 1.165) is 30.2 Å². The number of anilines is 1. The summed E-state index contributed by atoms with van der Waals surface area (Å²) >= 11 is 0. The van der Waals surface area contributed by atoms with Gasteiger partial charge in [0.1, 0.15) is 5.82 Å². The molecule has 1 amide bonds. The molecule has 0 aliphatic rings. The molecule has 130 valence electrons. The van der Waals surface area contributed by atoms with Crippen molar-refractivity contribution in [2.45, 2.75) is 46.0 Å². The molecule has 2 aromatic rings. The average molecular weight is 328 g/mol. The smallest absolute Gasteiger partial charge is 0.225 e. The largest absolute Gasteiger partial charge is 0.320 e. The molecule has 1 aromatic carbocycles. The predicted molar refractivity (Wildman–Crippen MR) is 98.8 cm³/mol. The van der Waals surface area contributed by atoms with E-state index in [9.17, 15) is 4.79 Å². The first kappa shape index (κ1) is 18.2. The maximum absolute atomic E-state index is 12.2.